The van der Waals surface area contributed by atoms with E-state index in [9.17, 15) is 14.7 Å². The average Bonchev–Trinajstić information content (AvgIpc) is 3.49. The second-order valence-electron chi connectivity index (χ2n) is 11.1. The topological polar surface area (TPSA) is 88.3 Å². The summed E-state index contributed by atoms with van der Waals surface area (Å²) in [6, 6.07) is 16.7. The molecule has 3 atom stereocenters. The van der Waals surface area contributed by atoms with Gasteiger partial charge >= 0.3 is 5.97 Å². The molecule has 200 valence electrons. The van der Waals surface area contributed by atoms with E-state index in [1.54, 1.807) is 0 Å². The summed E-state index contributed by atoms with van der Waals surface area (Å²) in [4.78, 5) is 28.0. The van der Waals surface area contributed by atoms with Crippen molar-refractivity contribution >= 4 is 22.9 Å². The Balaban J connectivity index is 1.41. The predicted molar refractivity (Wildman–Crippen MR) is 150 cm³/mol. The Kier molecular flexibility index (Phi) is 6.25. The van der Waals surface area contributed by atoms with Gasteiger partial charge in [-0.25, -0.2) is 4.68 Å². The van der Waals surface area contributed by atoms with Crippen LogP contribution in [0, 0.1) is 20.8 Å². The van der Waals surface area contributed by atoms with Crippen molar-refractivity contribution in [1.82, 2.24) is 19.9 Å². The molecule has 2 aliphatic heterocycles. The molecule has 4 aromatic rings. The lowest BCUT2D eigenvalue weighted by Gasteiger charge is -2.37. The largest absolute Gasteiger partial charge is 0.481 e. The number of nitrogens with zero attached hydrogens (tertiary/aromatic N) is 4. The molecule has 0 aliphatic carbocycles. The highest BCUT2D eigenvalue weighted by molar-refractivity contribution is 5.96. The third-order valence-electron chi connectivity index (χ3n) is 8.78. The molecule has 0 spiro atoms. The van der Waals surface area contributed by atoms with E-state index in [0.29, 0.717) is 0 Å². The zero-order chi connectivity index (χ0) is 27.4. The molecule has 0 unspecified atom stereocenters. The molecule has 3 heterocycles. The van der Waals surface area contributed by atoms with Crippen molar-refractivity contribution < 1.29 is 14.7 Å². The number of carbonyl (C=O) groups excluding carboxylic acids is 1. The summed E-state index contributed by atoms with van der Waals surface area (Å²) in [5.41, 5.74) is 9.93. The standard InChI is InChI=1S/C32H34N4O3/c1-5-35-29-13-11-24(20(4)31(29)33-34-35)26(17-30(37)38)22-9-8-21-15-23-10-12-28(27(21)16-22)36(23)32(39)25-14-18(2)6-7-19(25)3/h6-9,11,13-14,16,23,26,28H,5,10,12,15,17H2,1-4H3,(H,37,38)/t23-,26-,28+/m0/s1. The van der Waals surface area contributed by atoms with Crippen molar-refractivity contribution in [3.8, 4) is 0 Å². The van der Waals surface area contributed by atoms with Crippen molar-refractivity contribution in [3.63, 3.8) is 0 Å². The van der Waals surface area contributed by atoms with Gasteiger partial charge in [0, 0.05) is 24.1 Å². The van der Waals surface area contributed by atoms with Gasteiger partial charge in [0.1, 0.15) is 5.52 Å². The molecule has 3 aromatic carbocycles. The lowest BCUT2D eigenvalue weighted by atomic mass is 9.82. The summed E-state index contributed by atoms with van der Waals surface area (Å²) in [5.74, 6) is -1.07. The lowest BCUT2D eigenvalue weighted by Crippen LogP contribution is -2.42. The quantitative estimate of drug-likeness (QED) is 0.341. The van der Waals surface area contributed by atoms with Crippen molar-refractivity contribution in [3.05, 3.63) is 93.0 Å². The fourth-order valence-corrected chi connectivity index (χ4v) is 6.76. The van der Waals surface area contributed by atoms with Crippen molar-refractivity contribution in [1.29, 1.82) is 0 Å². The zero-order valence-corrected chi connectivity index (χ0v) is 22.9. The van der Waals surface area contributed by atoms with Crippen LogP contribution in [0.4, 0.5) is 0 Å². The Bertz CT molecular complexity index is 1620. The number of amides is 1. The van der Waals surface area contributed by atoms with Gasteiger partial charge in [0.05, 0.1) is 18.0 Å². The minimum atomic E-state index is -0.845. The van der Waals surface area contributed by atoms with Gasteiger partial charge < -0.3 is 10.0 Å². The van der Waals surface area contributed by atoms with Crippen molar-refractivity contribution in [2.45, 2.75) is 77.9 Å². The van der Waals surface area contributed by atoms with E-state index >= 15 is 0 Å². The first-order valence-corrected chi connectivity index (χ1v) is 13.8. The highest BCUT2D eigenvalue weighted by atomic mass is 16.4. The molecule has 2 bridgehead atoms. The van der Waals surface area contributed by atoms with Crippen LogP contribution in [0.1, 0.15) is 87.4 Å². The van der Waals surface area contributed by atoms with Crippen LogP contribution in [-0.2, 0) is 17.8 Å². The molecule has 2 aliphatic rings. The summed E-state index contributed by atoms with van der Waals surface area (Å²) >= 11 is 0. The number of hydrogen-bond acceptors (Lipinski definition) is 4. The van der Waals surface area contributed by atoms with Gasteiger partial charge in [-0.1, -0.05) is 47.2 Å². The summed E-state index contributed by atoms with van der Waals surface area (Å²) in [6.45, 7) is 8.77. The summed E-state index contributed by atoms with van der Waals surface area (Å²) in [5, 5.41) is 18.6. The molecule has 7 nitrogen and oxygen atoms in total. The second-order valence-corrected chi connectivity index (χ2v) is 11.1. The molecule has 7 heteroatoms. The number of benzene rings is 3. The van der Waals surface area contributed by atoms with Gasteiger partial charge in [0.15, 0.2) is 0 Å². The third-order valence-corrected chi connectivity index (χ3v) is 8.78. The van der Waals surface area contributed by atoms with Crippen LogP contribution >= 0.6 is 0 Å². The molecule has 1 N–H and O–H groups in total. The SMILES string of the molecule is CCn1nnc2c(C)c([C@@H](CC(=O)O)c3ccc4c(c3)[C@H]3CC[C@@H](C4)N3C(=O)c3cc(C)ccc3C)ccc21. The Labute approximate surface area is 228 Å². The Morgan fingerprint density at radius 2 is 1.87 bits per heavy atom. The minimum Gasteiger partial charge on any atom is -0.481 e. The normalized spacial score (nSPS) is 18.8. The first kappa shape index (κ1) is 25.3. The van der Waals surface area contributed by atoms with Gasteiger partial charge in [0.25, 0.3) is 5.91 Å². The summed E-state index contributed by atoms with van der Waals surface area (Å²) in [7, 11) is 0. The van der Waals surface area contributed by atoms with Crippen LogP contribution in [0.3, 0.4) is 0 Å². The minimum absolute atomic E-state index is 0.00428. The number of hydrogen-bond donors (Lipinski definition) is 1. The van der Waals surface area contributed by atoms with E-state index in [0.717, 1.165) is 75.8 Å². The number of fused-ring (bicyclic) bond motifs is 5. The maximum Gasteiger partial charge on any atom is 0.304 e. The van der Waals surface area contributed by atoms with E-state index in [4.69, 9.17) is 0 Å². The van der Waals surface area contributed by atoms with Gasteiger partial charge in [-0.15, -0.1) is 5.10 Å². The average molecular weight is 523 g/mol. The fourth-order valence-electron chi connectivity index (χ4n) is 6.76. The number of rotatable bonds is 6. The van der Waals surface area contributed by atoms with E-state index < -0.39 is 5.97 Å². The van der Waals surface area contributed by atoms with Crippen LogP contribution in [0.5, 0.6) is 0 Å². The molecule has 1 saturated heterocycles. The Hall–Kier alpha value is -4.00. The first-order valence-electron chi connectivity index (χ1n) is 13.8. The smallest absolute Gasteiger partial charge is 0.304 e. The Morgan fingerprint density at radius 1 is 1.05 bits per heavy atom. The molecule has 39 heavy (non-hydrogen) atoms. The molecular weight excluding hydrogens is 488 g/mol. The van der Waals surface area contributed by atoms with Gasteiger partial charge in [-0.05, 0) is 92.5 Å². The van der Waals surface area contributed by atoms with Crippen LogP contribution in [0.15, 0.2) is 48.5 Å². The summed E-state index contributed by atoms with van der Waals surface area (Å²) < 4.78 is 1.86. The molecule has 1 amide bonds. The fraction of sp³-hybridized carbons (Fsp3) is 0.375. The number of carboxylic acid groups (broad SMARTS) is 1. The maximum atomic E-state index is 13.9. The molecule has 1 fully saturated rings. The third kappa shape index (κ3) is 4.20. The van der Waals surface area contributed by atoms with Crippen LogP contribution in [-0.4, -0.2) is 42.9 Å². The van der Waals surface area contributed by atoms with Gasteiger partial charge in [-0.3, -0.25) is 9.59 Å². The van der Waals surface area contributed by atoms with E-state index in [1.165, 1.54) is 5.56 Å². The van der Waals surface area contributed by atoms with E-state index in [2.05, 4.69) is 33.4 Å². The molecular formula is C32H34N4O3. The lowest BCUT2D eigenvalue weighted by molar-refractivity contribution is -0.137. The summed E-state index contributed by atoms with van der Waals surface area (Å²) in [6.07, 6.45) is 2.71. The van der Waals surface area contributed by atoms with Gasteiger partial charge in [-0.2, -0.15) is 0 Å². The Morgan fingerprint density at radius 3 is 2.64 bits per heavy atom. The monoisotopic (exact) mass is 522 g/mol. The highest BCUT2D eigenvalue weighted by Crippen LogP contribution is 2.46. The van der Waals surface area contributed by atoms with E-state index in [1.807, 2.05) is 62.7 Å². The number of aliphatic carboxylic acids is 1. The number of aryl methyl sites for hydroxylation is 4. The number of aromatic nitrogens is 3. The molecule has 1 aromatic heterocycles. The molecule has 0 saturated carbocycles. The van der Waals surface area contributed by atoms with Crippen molar-refractivity contribution in [2.24, 2.45) is 0 Å². The molecule has 0 radical (unpaired) electrons. The highest BCUT2D eigenvalue weighted by Gasteiger charge is 2.43. The van der Waals surface area contributed by atoms with Crippen LogP contribution < -0.4 is 0 Å². The van der Waals surface area contributed by atoms with Crippen LogP contribution in [0.25, 0.3) is 11.0 Å². The number of carbonyl (C=O) groups is 2. The van der Waals surface area contributed by atoms with Gasteiger partial charge in [0.2, 0.25) is 0 Å². The molecule has 6 rings (SSSR count). The van der Waals surface area contributed by atoms with Crippen molar-refractivity contribution in [2.75, 3.05) is 0 Å². The number of carboxylic acids is 1. The predicted octanol–water partition coefficient (Wildman–Crippen LogP) is 5.89. The van der Waals surface area contributed by atoms with E-state index in [-0.39, 0.29) is 30.3 Å². The zero-order valence-electron chi connectivity index (χ0n) is 22.9. The maximum absolute atomic E-state index is 13.9. The first-order chi connectivity index (χ1) is 18.8. The second kappa shape index (κ2) is 9.63. The van der Waals surface area contributed by atoms with Crippen LogP contribution in [0.2, 0.25) is 0 Å².